The van der Waals surface area contributed by atoms with Gasteiger partial charge < -0.3 is 11.1 Å². The molecule has 0 radical (unpaired) electrons. The number of nitrogens with one attached hydrogen (secondary N) is 1. The fourth-order valence-corrected chi connectivity index (χ4v) is 5.67. The molecule has 14 nitrogen and oxygen atoms in total. The first-order valence-electron chi connectivity index (χ1n) is 12.6. The van der Waals surface area contributed by atoms with Crippen LogP contribution in [0.25, 0.3) is 21.3 Å². The molecule has 5 heterocycles. The highest BCUT2D eigenvalue weighted by Gasteiger charge is 2.35. The number of aryl methyl sites for hydroxylation is 3. The molecule has 2 amide bonds. The molecule has 18 heteroatoms. The third kappa shape index (κ3) is 5.31. The first kappa shape index (κ1) is 29.4. The predicted octanol–water partition coefficient (Wildman–Crippen LogP) is 4.28. The summed E-state index contributed by atoms with van der Waals surface area (Å²) in [6, 6.07) is 2.21. The van der Waals surface area contributed by atoms with Crippen LogP contribution in [0.3, 0.4) is 0 Å². The zero-order valence-corrected chi connectivity index (χ0v) is 23.9. The maximum atomic E-state index is 13.8. The molecule has 0 aliphatic rings. The third-order valence-electron chi connectivity index (χ3n) is 6.65. The Hall–Kier alpha value is -5.13. The summed E-state index contributed by atoms with van der Waals surface area (Å²) in [5.74, 6) is -1.76. The van der Waals surface area contributed by atoms with Crippen LogP contribution in [0.1, 0.15) is 49.9 Å². The van der Waals surface area contributed by atoms with Gasteiger partial charge in [-0.3, -0.25) is 29.1 Å². The summed E-state index contributed by atoms with van der Waals surface area (Å²) in [6.07, 6.45) is -1.78. The number of alkyl halides is 3. The summed E-state index contributed by atoms with van der Waals surface area (Å²) >= 11 is 0.621. The zero-order chi connectivity index (χ0) is 31.4. The van der Waals surface area contributed by atoms with Gasteiger partial charge in [0.1, 0.15) is 33.5 Å². The predicted molar refractivity (Wildman–Crippen MR) is 149 cm³/mol. The van der Waals surface area contributed by atoms with Crippen LogP contribution in [-0.4, -0.2) is 51.1 Å². The lowest BCUT2D eigenvalue weighted by Gasteiger charge is -2.11. The SMILES string of the molecule is CCn1cc(-c2cc(C(F)(F)F)nc3sc(C(N)=O)c(NC(=O)c4ccn(Cn5nc(C)c([N+](=O)[O-])c5C)n4)c23)c(C)n1. The average Bonchev–Trinajstić information content (AvgIpc) is 3.68. The maximum Gasteiger partial charge on any atom is 0.433 e. The molecule has 5 aromatic heterocycles. The Morgan fingerprint density at radius 3 is 2.42 bits per heavy atom. The largest absolute Gasteiger partial charge is 0.433 e. The fraction of sp³-hybridized carbons (Fsp3) is 0.280. The molecule has 0 spiro atoms. The van der Waals surface area contributed by atoms with Crippen molar-refractivity contribution in [3.63, 3.8) is 0 Å². The van der Waals surface area contributed by atoms with Gasteiger partial charge >= 0.3 is 11.9 Å². The van der Waals surface area contributed by atoms with Gasteiger partial charge in [0.2, 0.25) is 0 Å². The number of primary amides is 1. The number of hydrogen-bond donors (Lipinski definition) is 2. The molecular formula is C25H23F3N10O4S. The molecule has 0 saturated heterocycles. The van der Waals surface area contributed by atoms with Gasteiger partial charge in [0.25, 0.3) is 11.8 Å². The van der Waals surface area contributed by atoms with Crippen LogP contribution in [-0.2, 0) is 19.4 Å². The summed E-state index contributed by atoms with van der Waals surface area (Å²) in [7, 11) is 0. The fourth-order valence-electron chi connectivity index (χ4n) is 4.66. The summed E-state index contributed by atoms with van der Waals surface area (Å²) in [5, 5.41) is 26.7. The van der Waals surface area contributed by atoms with Gasteiger partial charge in [-0.25, -0.2) is 9.67 Å². The minimum atomic E-state index is -4.80. The van der Waals surface area contributed by atoms with Crippen molar-refractivity contribution in [3.05, 3.63) is 68.0 Å². The van der Waals surface area contributed by atoms with Crippen LogP contribution in [0, 0.1) is 30.9 Å². The van der Waals surface area contributed by atoms with E-state index in [-0.39, 0.29) is 50.1 Å². The number of fused-ring (bicyclic) bond motifs is 1. The van der Waals surface area contributed by atoms with Gasteiger partial charge in [-0.15, -0.1) is 11.3 Å². The van der Waals surface area contributed by atoms with E-state index < -0.39 is 28.6 Å². The van der Waals surface area contributed by atoms with E-state index in [0.29, 0.717) is 34.8 Å². The number of nitrogens with two attached hydrogens (primary N) is 1. The number of carbonyl (C=O) groups is 2. The molecular weight excluding hydrogens is 593 g/mol. The Bertz CT molecular complexity index is 1930. The normalized spacial score (nSPS) is 11.8. The van der Waals surface area contributed by atoms with Crippen molar-refractivity contribution in [2.45, 2.75) is 47.1 Å². The number of halogens is 3. The highest BCUT2D eigenvalue weighted by atomic mass is 32.1. The molecule has 5 aromatic rings. The Labute approximate surface area is 244 Å². The number of anilines is 1. The molecule has 0 aliphatic heterocycles. The van der Waals surface area contributed by atoms with Crippen molar-refractivity contribution in [1.29, 1.82) is 0 Å². The Morgan fingerprint density at radius 1 is 1.12 bits per heavy atom. The molecule has 3 N–H and O–H groups in total. The van der Waals surface area contributed by atoms with Crippen molar-refractivity contribution in [1.82, 2.24) is 34.3 Å². The van der Waals surface area contributed by atoms with Gasteiger partial charge in [0.15, 0.2) is 5.69 Å². The zero-order valence-electron chi connectivity index (χ0n) is 23.1. The van der Waals surface area contributed by atoms with Gasteiger partial charge in [-0.2, -0.15) is 28.5 Å². The molecule has 0 atom stereocenters. The molecule has 0 saturated carbocycles. The highest BCUT2D eigenvalue weighted by Crippen LogP contribution is 2.44. The Balaban J connectivity index is 1.57. The van der Waals surface area contributed by atoms with Crippen LogP contribution in [0.2, 0.25) is 0 Å². The molecule has 0 aliphatic carbocycles. The lowest BCUT2D eigenvalue weighted by Crippen LogP contribution is -2.18. The van der Waals surface area contributed by atoms with Gasteiger partial charge in [-0.05, 0) is 45.4 Å². The Kier molecular flexibility index (Phi) is 7.25. The highest BCUT2D eigenvalue weighted by molar-refractivity contribution is 7.21. The lowest BCUT2D eigenvalue weighted by atomic mass is 10.0. The number of aromatic nitrogens is 7. The van der Waals surface area contributed by atoms with E-state index in [1.807, 2.05) is 6.92 Å². The molecule has 0 aromatic carbocycles. The summed E-state index contributed by atoms with van der Waals surface area (Å²) < 4.78 is 45.7. The van der Waals surface area contributed by atoms with E-state index in [1.54, 1.807) is 17.8 Å². The van der Waals surface area contributed by atoms with Crippen molar-refractivity contribution < 1.29 is 27.7 Å². The van der Waals surface area contributed by atoms with E-state index in [9.17, 15) is 32.9 Å². The molecule has 224 valence electrons. The van der Waals surface area contributed by atoms with E-state index in [0.717, 1.165) is 6.07 Å². The first-order chi connectivity index (χ1) is 20.2. The van der Waals surface area contributed by atoms with Crippen molar-refractivity contribution in [2.24, 2.45) is 5.73 Å². The second kappa shape index (κ2) is 10.6. The minimum absolute atomic E-state index is 0.0449. The number of rotatable bonds is 8. The van der Waals surface area contributed by atoms with Crippen molar-refractivity contribution >= 4 is 44.7 Å². The van der Waals surface area contributed by atoms with Crippen LogP contribution < -0.4 is 11.1 Å². The number of nitrogens with zero attached hydrogens (tertiary/aromatic N) is 8. The van der Waals surface area contributed by atoms with Crippen LogP contribution in [0.5, 0.6) is 0 Å². The summed E-state index contributed by atoms with van der Waals surface area (Å²) in [4.78, 5) is 39.9. The number of amides is 2. The van der Waals surface area contributed by atoms with E-state index >= 15 is 0 Å². The average molecular weight is 617 g/mol. The smallest absolute Gasteiger partial charge is 0.365 e. The topological polar surface area (TPSA) is 182 Å². The number of pyridine rings is 1. The van der Waals surface area contributed by atoms with Crippen LogP contribution in [0.15, 0.2) is 24.5 Å². The van der Waals surface area contributed by atoms with Crippen molar-refractivity contribution in [3.8, 4) is 11.1 Å². The monoisotopic (exact) mass is 616 g/mol. The molecule has 43 heavy (non-hydrogen) atoms. The third-order valence-corrected chi connectivity index (χ3v) is 7.75. The van der Waals surface area contributed by atoms with Crippen molar-refractivity contribution in [2.75, 3.05) is 5.32 Å². The van der Waals surface area contributed by atoms with Gasteiger partial charge in [0.05, 0.1) is 16.3 Å². The number of nitro groups is 1. The molecule has 5 rings (SSSR count). The second-order valence-electron chi connectivity index (χ2n) is 9.50. The lowest BCUT2D eigenvalue weighted by molar-refractivity contribution is -0.386. The second-order valence-corrected chi connectivity index (χ2v) is 10.5. The van der Waals surface area contributed by atoms with Gasteiger partial charge in [-0.1, -0.05) is 0 Å². The quantitative estimate of drug-likeness (QED) is 0.191. The number of carbonyl (C=O) groups excluding carboxylic acids is 2. The van der Waals surface area contributed by atoms with E-state index in [4.69, 9.17) is 5.73 Å². The standard InChI is InChI=1S/C25H23F3N10O4S/c1-5-35-9-15(11(2)32-35)14-8-17(25(26,27)28)30-24-18(14)19(21(43-24)22(29)39)31-23(40)16-6-7-36(34-16)10-37-13(4)20(38(41)42)12(3)33-37/h6-9H,5,10H2,1-4H3,(H2,29,39)(H,31,40). The summed E-state index contributed by atoms with van der Waals surface area (Å²) in [6.45, 7) is 6.89. The Morgan fingerprint density at radius 2 is 1.84 bits per heavy atom. The maximum absolute atomic E-state index is 13.8. The van der Waals surface area contributed by atoms with Crippen LogP contribution >= 0.6 is 11.3 Å². The molecule has 0 fully saturated rings. The van der Waals surface area contributed by atoms with E-state index in [2.05, 4.69) is 25.6 Å². The molecule has 0 bridgehead atoms. The van der Waals surface area contributed by atoms with E-state index in [1.165, 1.54) is 35.5 Å². The number of thiophene rings is 1. The number of hydrogen-bond acceptors (Lipinski definition) is 9. The minimum Gasteiger partial charge on any atom is -0.365 e. The van der Waals surface area contributed by atoms with Gasteiger partial charge in [0, 0.05) is 29.9 Å². The van der Waals surface area contributed by atoms with Crippen LogP contribution in [0.4, 0.5) is 24.5 Å². The summed E-state index contributed by atoms with van der Waals surface area (Å²) in [5.41, 5.74) is 5.39. The first-order valence-corrected chi connectivity index (χ1v) is 13.4. The molecule has 0 unspecified atom stereocenters.